The molecule has 0 spiro atoms. The van der Waals surface area contributed by atoms with E-state index in [4.69, 9.17) is 9.15 Å². The molecule has 0 N–H and O–H groups in total. The van der Waals surface area contributed by atoms with Gasteiger partial charge in [0.25, 0.3) is 5.91 Å². The number of ether oxygens (including phenoxy) is 1. The number of hydrogen-bond donors (Lipinski definition) is 0. The zero-order valence-electron chi connectivity index (χ0n) is 15.1. The molecule has 0 unspecified atom stereocenters. The second kappa shape index (κ2) is 8.48. The summed E-state index contributed by atoms with van der Waals surface area (Å²) in [6.45, 7) is 2.86. The molecule has 1 aromatic carbocycles. The first-order valence-corrected chi connectivity index (χ1v) is 11.5. The molecular formula is C19H22BrNO5S. The van der Waals surface area contributed by atoms with Gasteiger partial charge in [-0.3, -0.25) is 4.79 Å². The van der Waals surface area contributed by atoms with Crippen LogP contribution in [0.5, 0.6) is 5.75 Å². The van der Waals surface area contributed by atoms with E-state index in [1.165, 1.54) is 0 Å². The molecular weight excluding hydrogens is 434 g/mol. The first kappa shape index (κ1) is 19.9. The molecule has 1 aliphatic heterocycles. The highest BCUT2D eigenvalue weighted by Crippen LogP contribution is 2.25. The lowest BCUT2D eigenvalue weighted by molar-refractivity contribution is 0.0665. The van der Waals surface area contributed by atoms with Crippen molar-refractivity contribution in [2.75, 3.05) is 18.1 Å². The number of sulfone groups is 1. The normalized spacial score (nSPS) is 18.4. The van der Waals surface area contributed by atoms with Gasteiger partial charge in [0.2, 0.25) is 0 Å². The third-order valence-electron chi connectivity index (χ3n) is 4.44. The van der Waals surface area contributed by atoms with Crippen LogP contribution in [0.25, 0.3) is 0 Å². The fourth-order valence-corrected chi connectivity index (χ4v) is 5.14. The van der Waals surface area contributed by atoms with Gasteiger partial charge in [0, 0.05) is 11.6 Å². The van der Waals surface area contributed by atoms with Crippen molar-refractivity contribution in [2.45, 2.75) is 32.4 Å². The summed E-state index contributed by atoms with van der Waals surface area (Å²) in [4.78, 5) is 14.7. The van der Waals surface area contributed by atoms with Gasteiger partial charge in [0.15, 0.2) is 14.5 Å². The molecule has 0 aliphatic carbocycles. The van der Waals surface area contributed by atoms with Crippen molar-refractivity contribution < 1.29 is 22.4 Å². The highest BCUT2D eigenvalue weighted by molar-refractivity contribution is 9.10. The van der Waals surface area contributed by atoms with E-state index in [9.17, 15) is 13.2 Å². The van der Waals surface area contributed by atoms with Crippen molar-refractivity contribution >= 4 is 31.7 Å². The van der Waals surface area contributed by atoms with Crippen molar-refractivity contribution in [1.29, 1.82) is 0 Å². The van der Waals surface area contributed by atoms with Crippen LogP contribution in [-0.2, 0) is 16.4 Å². The standard InChI is InChI=1S/C19H22BrNO5S/c1-2-10-25-16-5-3-14(4-6-16)19(22)21(12-17-7-8-18(20)26-17)15-9-11-27(23,24)13-15/h3-8,15H,2,9-13H2,1H3/t15-/m0/s1. The van der Waals surface area contributed by atoms with E-state index in [2.05, 4.69) is 15.9 Å². The SMILES string of the molecule is CCCOc1ccc(C(=O)N(Cc2ccc(Br)o2)[C@H]2CCS(=O)(=O)C2)cc1. The van der Waals surface area contributed by atoms with Crippen molar-refractivity contribution in [3.8, 4) is 5.75 Å². The largest absolute Gasteiger partial charge is 0.494 e. The van der Waals surface area contributed by atoms with Gasteiger partial charge in [-0.2, -0.15) is 0 Å². The number of rotatable bonds is 7. The van der Waals surface area contributed by atoms with E-state index in [-0.39, 0.29) is 30.0 Å². The van der Waals surface area contributed by atoms with E-state index >= 15 is 0 Å². The van der Waals surface area contributed by atoms with Gasteiger partial charge in [-0.1, -0.05) is 6.92 Å². The summed E-state index contributed by atoms with van der Waals surface area (Å²) >= 11 is 3.25. The number of halogens is 1. The van der Waals surface area contributed by atoms with Crippen LogP contribution in [-0.4, -0.2) is 43.4 Å². The minimum absolute atomic E-state index is 0.0156. The van der Waals surface area contributed by atoms with Crippen molar-refractivity contribution in [3.05, 3.63) is 52.4 Å². The van der Waals surface area contributed by atoms with Crippen LogP contribution in [0.4, 0.5) is 0 Å². The maximum Gasteiger partial charge on any atom is 0.254 e. The highest BCUT2D eigenvalue weighted by Gasteiger charge is 2.35. The van der Waals surface area contributed by atoms with Crippen molar-refractivity contribution in [1.82, 2.24) is 4.90 Å². The van der Waals surface area contributed by atoms with Crippen LogP contribution in [0.3, 0.4) is 0 Å². The lowest BCUT2D eigenvalue weighted by Gasteiger charge is -2.27. The zero-order chi connectivity index (χ0) is 19.4. The molecule has 1 aliphatic rings. The fourth-order valence-electron chi connectivity index (χ4n) is 3.07. The Labute approximate surface area is 167 Å². The van der Waals surface area contributed by atoms with E-state index in [1.54, 1.807) is 41.3 Å². The molecule has 2 heterocycles. The second-order valence-corrected chi connectivity index (χ2v) is 9.58. The average molecular weight is 456 g/mol. The average Bonchev–Trinajstić information content (AvgIpc) is 3.22. The molecule has 1 fully saturated rings. The van der Waals surface area contributed by atoms with Gasteiger partial charge in [-0.15, -0.1) is 0 Å². The molecule has 0 bridgehead atoms. The van der Waals surface area contributed by atoms with Gasteiger partial charge >= 0.3 is 0 Å². The van der Waals surface area contributed by atoms with Gasteiger partial charge in [0.05, 0.1) is 24.7 Å². The number of hydrogen-bond acceptors (Lipinski definition) is 5. The number of benzene rings is 1. The molecule has 2 aromatic rings. The molecule has 27 heavy (non-hydrogen) atoms. The lowest BCUT2D eigenvalue weighted by atomic mass is 10.1. The molecule has 0 saturated carbocycles. The molecule has 8 heteroatoms. The molecule has 6 nitrogen and oxygen atoms in total. The number of amides is 1. The van der Waals surface area contributed by atoms with Crippen LogP contribution in [0.15, 0.2) is 45.5 Å². The molecule has 3 rings (SSSR count). The second-order valence-electron chi connectivity index (χ2n) is 6.57. The van der Waals surface area contributed by atoms with E-state index in [1.807, 2.05) is 6.92 Å². The smallest absolute Gasteiger partial charge is 0.254 e. The number of nitrogens with zero attached hydrogens (tertiary/aromatic N) is 1. The van der Waals surface area contributed by atoms with E-state index < -0.39 is 9.84 Å². The molecule has 0 radical (unpaired) electrons. The van der Waals surface area contributed by atoms with E-state index in [0.717, 1.165) is 6.42 Å². The summed E-state index contributed by atoms with van der Waals surface area (Å²) in [6.07, 6.45) is 1.34. The van der Waals surface area contributed by atoms with E-state index in [0.29, 0.717) is 34.8 Å². The lowest BCUT2D eigenvalue weighted by Crippen LogP contribution is -2.40. The van der Waals surface area contributed by atoms with Gasteiger partial charge < -0.3 is 14.1 Å². The molecule has 1 atom stereocenters. The topological polar surface area (TPSA) is 76.8 Å². The van der Waals surface area contributed by atoms with Crippen LogP contribution in [0.1, 0.15) is 35.9 Å². The van der Waals surface area contributed by atoms with Crippen LogP contribution < -0.4 is 4.74 Å². The van der Waals surface area contributed by atoms with Crippen LogP contribution in [0.2, 0.25) is 0 Å². The Morgan fingerprint density at radius 1 is 1.26 bits per heavy atom. The third-order valence-corrected chi connectivity index (χ3v) is 6.62. The van der Waals surface area contributed by atoms with Gasteiger partial charge in [0.1, 0.15) is 11.5 Å². The zero-order valence-corrected chi connectivity index (χ0v) is 17.5. The monoisotopic (exact) mass is 455 g/mol. The Balaban J connectivity index is 1.81. The maximum atomic E-state index is 13.1. The summed E-state index contributed by atoms with van der Waals surface area (Å²) in [7, 11) is -3.11. The first-order valence-electron chi connectivity index (χ1n) is 8.86. The summed E-state index contributed by atoms with van der Waals surface area (Å²) in [5, 5.41) is 0. The van der Waals surface area contributed by atoms with Crippen molar-refractivity contribution in [3.63, 3.8) is 0 Å². The Kier molecular flexibility index (Phi) is 6.26. The minimum Gasteiger partial charge on any atom is -0.494 e. The summed E-state index contributed by atoms with van der Waals surface area (Å²) in [6, 6.07) is 10.1. The first-order chi connectivity index (χ1) is 12.9. The molecule has 1 amide bonds. The summed E-state index contributed by atoms with van der Waals surface area (Å²) in [5.41, 5.74) is 0.494. The minimum atomic E-state index is -3.11. The number of carbonyl (C=O) groups excluding carboxylic acids is 1. The van der Waals surface area contributed by atoms with Crippen LogP contribution >= 0.6 is 15.9 Å². The summed E-state index contributed by atoms with van der Waals surface area (Å²) < 4.78 is 35.5. The predicted molar refractivity (Wildman–Crippen MR) is 106 cm³/mol. The maximum absolute atomic E-state index is 13.1. The number of carbonyl (C=O) groups is 1. The Bertz CT molecular complexity index is 891. The molecule has 1 aromatic heterocycles. The Morgan fingerprint density at radius 2 is 2.00 bits per heavy atom. The molecule has 146 valence electrons. The highest BCUT2D eigenvalue weighted by atomic mass is 79.9. The van der Waals surface area contributed by atoms with Gasteiger partial charge in [-0.05, 0) is 65.2 Å². The third kappa shape index (κ3) is 5.13. The van der Waals surface area contributed by atoms with Gasteiger partial charge in [-0.25, -0.2) is 8.42 Å². The summed E-state index contributed by atoms with van der Waals surface area (Å²) in [5.74, 6) is 1.18. The fraction of sp³-hybridized carbons (Fsp3) is 0.421. The number of furan rings is 1. The quantitative estimate of drug-likeness (QED) is 0.636. The Morgan fingerprint density at radius 3 is 2.56 bits per heavy atom. The van der Waals surface area contributed by atoms with Crippen LogP contribution in [0, 0.1) is 0 Å². The predicted octanol–water partition coefficient (Wildman–Crippen LogP) is 3.66. The molecule has 1 saturated heterocycles. The van der Waals surface area contributed by atoms with Crippen molar-refractivity contribution in [2.24, 2.45) is 0 Å². The Hall–Kier alpha value is -1.80.